The Morgan fingerprint density at radius 1 is 1.29 bits per heavy atom. The van der Waals surface area contributed by atoms with Crippen molar-refractivity contribution in [3.63, 3.8) is 0 Å². The summed E-state index contributed by atoms with van der Waals surface area (Å²) in [5.41, 5.74) is 9.65. The molecule has 0 bridgehead atoms. The zero-order valence-electron chi connectivity index (χ0n) is 12.6. The lowest BCUT2D eigenvalue weighted by atomic mass is 10.1. The minimum atomic E-state index is 0.363. The highest BCUT2D eigenvalue weighted by Crippen LogP contribution is 2.24. The molecular formula is C16H20N4O. The van der Waals surface area contributed by atoms with Crippen molar-refractivity contribution < 1.29 is 4.74 Å². The molecule has 0 saturated heterocycles. The molecule has 0 saturated carbocycles. The second-order valence-corrected chi connectivity index (χ2v) is 4.74. The molecule has 21 heavy (non-hydrogen) atoms. The number of rotatable bonds is 4. The summed E-state index contributed by atoms with van der Waals surface area (Å²) in [6.07, 6.45) is 1.79. The van der Waals surface area contributed by atoms with E-state index in [0.717, 1.165) is 28.3 Å². The maximum atomic E-state index is 5.88. The SMILES string of the molecule is COc1c(C)cnc(CN=C(N)Nc2ccccc2)c1C. The standard InChI is InChI=1S/C16H20N4O/c1-11-9-18-14(12(2)15(11)21-3)10-19-16(17)20-13-7-5-4-6-8-13/h4-9H,10H2,1-3H3,(H3,17,19,20). The summed E-state index contributed by atoms with van der Waals surface area (Å²) < 4.78 is 5.38. The van der Waals surface area contributed by atoms with Crippen LogP contribution in [0.2, 0.25) is 0 Å². The summed E-state index contributed by atoms with van der Waals surface area (Å²) in [5, 5.41) is 3.04. The monoisotopic (exact) mass is 284 g/mol. The van der Waals surface area contributed by atoms with Gasteiger partial charge < -0.3 is 15.8 Å². The van der Waals surface area contributed by atoms with Gasteiger partial charge in [-0.2, -0.15) is 0 Å². The van der Waals surface area contributed by atoms with Gasteiger partial charge in [-0.15, -0.1) is 0 Å². The van der Waals surface area contributed by atoms with Gasteiger partial charge in [0.15, 0.2) is 5.96 Å². The topological polar surface area (TPSA) is 72.5 Å². The number of nitrogens with two attached hydrogens (primary N) is 1. The van der Waals surface area contributed by atoms with E-state index in [1.54, 1.807) is 13.3 Å². The van der Waals surface area contributed by atoms with Gasteiger partial charge in [0.05, 0.1) is 19.3 Å². The van der Waals surface area contributed by atoms with Gasteiger partial charge in [-0.05, 0) is 26.0 Å². The molecule has 1 aromatic heterocycles. The van der Waals surface area contributed by atoms with E-state index in [1.807, 2.05) is 44.2 Å². The Labute approximate surface area is 124 Å². The predicted octanol–water partition coefficient (Wildman–Crippen LogP) is 2.63. The Hall–Kier alpha value is -2.56. The number of pyridine rings is 1. The Kier molecular flexibility index (Phi) is 4.77. The Balaban J connectivity index is 2.10. The molecule has 0 atom stereocenters. The zero-order chi connectivity index (χ0) is 15.2. The summed E-state index contributed by atoms with van der Waals surface area (Å²) in [4.78, 5) is 8.72. The quantitative estimate of drug-likeness (QED) is 0.668. The lowest BCUT2D eigenvalue weighted by Crippen LogP contribution is -2.22. The number of aryl methyl sites for hydroxylation is 1. The molecule has 5 nitrogen and oxygen atoms in total. The van der Waals surface area contributed by atoms with Crippen LogP contribution >= 0.6 is 0 Å². The van der Waals surface area contributed by atoms with E-state index in [2.05, 4.69) is 15.3 Å². The molecule has 0 spiro atoms. The number of ether oxygens (including phenoxy) is 1. The number of nitrogens with one attached hydrogen (secondary N) is 1. The van der Waals surface area contributed by atoms with Crippen LogP contribution < -0.4 is 15.8 Å². The van der Waals surface area contributed by atoms with Gasteiger partial charge in [-0.25, -0.2) is 4.99 Å². The molecular weight excluding hydrogens is 264 g/mol. The van der Waals surface area contributed by atoms with Crippen molar-refractivity contribution in [2.45, 2.75) is 20.4 Å². The second-order valence-electron chi connectivity index (χ2n) is 4.74. The predicted molar refractivity (Wildman–Crippen MR) is 85.7 cm³/mol. The molecule has 0 fully saturated rings. The van der Waals surface area contributed by atoms with Crippen LogP contribution in [0.25, 0.3) is 0 Å². The summed E-state index contributed by atoms with van der Waals surface area (Å²) in [7, 11) is 1.66. The van der Waals surface area contributed by atoms with Crippen LogP contribution in [-0.2, 0) is 6.54 Å². The average Bonchev–Trinajstić information content (AvgIpc) is 2.48. The first-order valence-corrected chi connectivity index (χ1v) is 6.73. The average molecular weight is 284 g/mol. The maximum Gasteiger partial charge on any atom is 0.193 e. The molecule has 0 amide bonds. The van der Waals surface area contributed by atoms with Crippen LogP contribution in [0.15, 0.2) is 41.5 Å². The number of anilines is 1. The molecule has 1 aromatic carbocycles. The van der Waals surface area contributed by atoms with Crippen LogP contribution in [0.5, 0.6) is 5.75 Å². The minimum Gasteiger partial charge on any atom is -0.496 e. The van der Waals surface area contributed by atoms with Crippen LogP contribution in [0.3, 0.4) is 0 Å². The fraction of sp³-hybridized carbons (Fsp3) is 0.250. The lowest BCUT2D eigenvalue weighted by molar-refractivity contribution is 0.407. The van der Waals surface area contributed by atoms with E-state index in [9.17, 15) is 0 Å². The van der Waals surface area contributed by atoms with Crippen LogP contribution in [0, 0.1) is 13.8 Å². The molecule has 2 rings (SSSR count). The first-order chi connectivity index (χ1) is 10.1. The van der Waals surface area contributed by atoms with Gasteiger partial charge in [-0.3, -0.25) is 4.98 Å². The van der Waals surface area contributed by atoms with Gasteiger partial charge in [0.2, 0.25) is 0 Å². The fourth-order valence-corrected chi connectivity index (χ4v) is 2.10. The van der Waals surface area contributed by atoms with Crippen molar-refractivity contribution in [2.75, 3.05) is 12.4 Å². The lowest BCUT2D eigenvalue weighted by Gasteiger charge is -2.11. The van der Waals surface area contributed by atoms with Gasteiger partial charge in [-0.1, -0.05) is 18.2 Å². The van der Waals surface area contributed by atoms with E-state index < -0.39 is 0 Å². The Morgan fingerprint density at radius 2 is 2.00 bits per heavy atom. The number of guanidine groups is 1. The molecule has 0 radical (unpaired) electrons. The van der Waals surface area contributed by atoms with Gasteiger partial charge in [0.1, 0.15) is 5.75 Å². The van der Waals surface area contributed by atoms with Crippen molar-refractivity contribution in [3.8, 4) is 5.75 Å². The highest BCUT2D eigenvalue weighted by atomic mass is 16.5. The third-order valence-electron chi connectivity index (χ3n) is 3.20. The number of hydrogen-bond donors (Lipinski definition) is 2. The van der Waals surface area contributed by atoms with Crippen LogP contribution in [0.4, 0.5) is 5.69 Å². The minimum absolute atomic E-state index is 0.363. The number of nitrogens with zero attached hydrogens (tertiary/aromatic N) is 2. The largest absolute Gasteiger partial charge is 0.496 e. The third kappa shape index (κ3) is 3.72. The molecule has 5 heteroatoms. The van der Waals surface area contributed by atoms with E-state index in [-0.39, 0.29) is 0 Å². The number of aromatic nitrogens is 1. The van der Waals surface area contributed by atoms with Crippen molar-refractivity contribution in [1.29, 1.82) is 0 Å². The molecule has 0 aliphatic carbocycles. The number of hydrogen-bond acceptors (Lipinski definition) is 3. The van der Waals surface area contributed by atoms with E-state index in [0.29, 0.717) is 12.5 Å². The molecule has 110 valence electrons. The molecule has 1 heterocycles. The number of aliphatic imine (C=N–C) groups is 1. The zero-order valence-corrected chi connectivity index (χ0v) is 12.6. The van der Waals surface area contributed by atoms with Crippen molar-refractivity contribution in [1.82, 2.24) is 4.98 Å². The number of methoxy groups -OCH3 is 1. The van der Waals surface area contributed by atoms with Gasteiger partial charge >= 0.3 is 0 Å². The van der Waals surface area contributed by atoms with Gasteiger partial charge in [0, 0.05) is 23.0 Å². The first-order valence-electron chi connectivity index (χ1n) is 6.73. The number of para-hydroxylation sites is 1. The second kappa shape index (κ2) is 6.74. The summed E-state index contributed by atoms with van der Waals surface area (Å²) in [6, 6.07) is 9.68. The molecule has 0 aliphatic rings. The normalized spacial score (nSPS) is 11.3. The highest BCUT2D eigenvalue weighted by Gasteiger charge is 2.08. The summed E-state index contributed by atoms with van der Waals surface area (Å²) in [6.45, 7) is 4.36. The highest BCUT2D eigenvalue weighted by molar-refractivity contribution is 5.92. The van der Waals surface area contributed by atoms with E-state index >= 15 is 0 Å². The molecule has 0 unspecified atom stereocenters. The molecule has 0 aliphatic heterocycles. The smallest absolute Gasteiger partial charge is 0.193 e. The summed E-state index contributed by atoms with van der Waals surface area (Å²) in [5.74, 6) is 1.21. The van der Waals surface area contributed by atoms with E-state index in [4.69, 9.17) is 10.5 Å². The molecule has 3 N–H and O–H groups in total. The van der Waals surface area contributed by atoms with Crippen molar-refractivity contribution in [2.24, 2.45) is 10.7 Å². The van der Waals surface area contributed by atoms with Crippen molar-refractivity contribution >= 4 is 11.6 Å². The Bertz CT molecular complexity index is 638. The maximum absolute atomic E-state index is 5.88. The van der Waals surface area contributed by atoms with E-state index in [1.165, 1.54) is 0 Å². The summed E-state index contributed by atoms with van der Waals surface area (Å²) >= 11 is 0. The molecule has 2 aromatic rings. The first kappa shape index (κ1) is 14.8. The third-order valence-corrected chi connectivity index (χ3v) is 3.20. The van der Waals surface area contributed by atoms with Crippen molar-refractivity contribution in [3.05, 3.63) is 53.3 Å². The Morgan fingerprint density at radius 3 is 2.67 bits per heavy atom. The number of benzene rings is 1. The van der Waals surface area contributed by atoms with Crippen LogP contribution in [0.1, 0.15) is 16.8 Å². The van der Waals surface area contributed by atoms with Gasteiger partial charge in [0.25, 0.3) is 0 Å². The fourth-order valence-electron chi connectivity index (χ4n) is 2.10. The van der Waals surface area contributed by atoms with Crippen LogP contribution in [-0.4, -0.2) is 18.1 Å².